The lowest BCUT2D eigenvalue weighted by molar-refractivity contribution is -0.119. The van der Waals surface area contributed by atoms with Gasteiger partial charge in [0.05, 0.1) is 11.7 Å². The first kappa shape index (κ1) is 17.4. The Bertz CT molecular complexity index is 820. The first-order valence-corrected chi connectivity index (χ1v) is 8.85. The van der Waals surface area contributed by atoms with E-state index >= 15 is 0 Å². The number of nitrogens with one attached hydrogen (secondary N) is 1. The minimum atomic E-state index is -0.249. The summed E-state index contributed by atoms with van der Waals surface area (Å²) in [5, 5.41) is 8.54. The third-order valence-corrected chi connectivity index (χ3v) is 4.49. The summed E-state index contributed by atoms with van der Waals surface area (Å²) in [6.45, 7) is 1.92. The van der Waals surface area contributed by atoms with Crippen LogP contribution in [0.2, 0.25) is 0 Å². The molecule has 0 saturated carbocycles. The van der Waals surface area contributed by atoms with Crippen LogP contribution in [-0.4, -0.2) is 17.5 Å². The second-order valence-corrected chi connectivity index (χ2v) is 6.75. The molecule has 1 aliphatic heterocycles. The van der Waals surface area contributed by atoms with Gasteiger partial charge in [-0.15, -0.1) is 0 Å². The Hall–Kier alpha value is -2.47. The second-order valence-electron chi connectivity index (χ2n) is 5.84. The van der Waals surface area contributed by atoms with Crippen molar-refractivity contribution in [1.29, 1.82) is 0 Å². The number of nitrogens with zero attached hydrogens (tertiary/aromatic N) is 2. The normalized spacial score (nSPS) is 15.5. The zero-order valence-corrected chi connectivity index (χ0v) is 15.4. The van der Waals surface area contributed by atoms with Crippen LogP contribution in [-0.2, 0) is 9.59 Å². The van der Waals surface area contributed by atoms with Gasteiger partial charge >= 0.3 is 0 Å². The van der Waals surface area contributed by atoms with Gasteiger partial charge in [0.2, 0.25) is 5.91 Å². The van der Waals surface area contributed by atoms with E-state index in [1.54, 1.807) is 12.1 Å². The molecule has 1 atom stereocenters. The summed E-state index contributed by atoms with van der Waals surface area (Å²) in [6.07, 6.45) is 0.617. The van der Waals surface area contributed by atoms with Crippen molar-refractivity contribution in [2.24, 2.45) is 5.10 Å². The summed E-state index contributed by atoms with van der Waals surface area (Å²) in [5.41, 5.74) is 2.03. The number of benzene rings is 2. The molecule has 0 fully saturated rings. The molecule has 1 unspecified atom stereocenters. The van der Waals surface area contributed by atoms with Crippen LogP contribution in [0.25, 0.3) is 0 Å². The second kappa shape index (κ2) is 7.61. The predicted octanol–water partition coefficient (Wildman–Crippen LogP) is 3.81. The minimum Gasteiger partial charge on any atom is -0.344 e. The SMILES string of the molecule is CC(NC(=O)C1=NN(c2ccccc2)C(=O)CC1)c1cccc(Br)c1. The third kappa shape index (κ3) is 4.14. The zero-order chi connectivity index (χ0) is 17.8. The molecule has 0 aromatic heterocycles. The zero-order valence-electron chi connectivity index (χ0n) is 13.8. The Labute approximate surface area is 154 Å². The Balaban J connectivity index is 1.76. The molecule has 0 radical (unpaired) electrons. The molecule has 2 aromatic carbocycles. The highest BCUT2D eigenvalue weighted by molar-refractivity contribution is 9.10. The molecule has 0 bridgehead atoms. The Morgan fingerprint density at radius 3 is 2.64 bits per heavy atom. The molecular weight excluding hydrogens is 382 g/mol. The lowest BCUT2D eigenvalue weighted by Crippen LogP contribution is -2.39. The first-order chi connectivity index (χ1) is 12.0. The maximum atomic E-state index is 12.6. The molecule has 1 N–H and O–H groups in total. The summed E-state index contributed by atoms with van der Waals surface area (Å²) in [4.78, 5) is 24.7. The molecular formula is C19H18BrN3O2. The largest absolute Gasteiger partial charge is 0.344 e. The van der Waals surface area contributed by atoms with Gasteiger partial charge in [0.25, 0.3) is 5.91 Å². The molecule has 2 amide bonds. The van der Waals surface area contributed by atoms with Crippen molar-refractivity contribution in [1.82, 2.24) is 5.32 Å². The maximum Gasteiger partial charge on any atom is 0.267 e. The van der Waals surface area contributed by atoms with E-state index in [2.05, 4.69) is 26.3 Å². The number of rotatable bonds is 4. The number of anilines is 1. The molecule has 1 aliphatic rings. The van der Waals surface area contributed by atoms with Gasteiger partial charge in [-0.3, -0.25) is 9.59 Å². The van der Waals surface area contributed by atoms with Crippen molar-refractivity contribution in [3.05, 3.63) is 64.6 Å². The Morgan fingerprint density at radius 2 is 1.92 bits per heavy atom. The molecule has 6 heteroatoms. The highest BCUT2D eigenvalue weighted by Gasteiger charge is 2.26. The van der Waals surface area contributed by atoms with Gasteiger partial charge < -0.3 is 5.32 Å². The van der Waals surface area contributed by atoms with Gasteiger partial charge in [0, 0.05) is 17.3 Å². The van der Waals surface area contributed by atoms with Crippen molar-refractivity contribution in [2.75, 3.05) is 5.01 Å². The van der Waals surface area contributed by atoms with Gasteiger partial charge in [-0.1, -0.05) is 46.3 Å². The summed E-state index contributed by atoms with van der Waals surface area (Å²) >= 11 is 3.43. The summed E-state index contributed by atoms with van der Waals surface area (Å²) in [6, 6.07) is 16.8. The third-order valence-electron chi connectivity index (χ3n) is 3.99. The van der Waals surface area contributed by atoms with Crippen molar-refractivity contribution < 1.29 is 9.59 Å². The molecule has 128 valence electrons. The van der Waals surface area contributed by atoms with Gasteiger partial charge in [-0.05, 0) is 36.8 Å². The summed E-state index contributed by atoms with van der Waals surface area (Å²) in [5.74, 6) is -0.358. The van der Waals surface area contributed by atoms with Gasteiger partial charge in [0.1, 0.15) is 5.71 Å². The number of hydrazone groups is 1. The molecule has 25 heavy (non-hydrogen) atoms. The van der Waals surface area contributed by atoms with Crippen molar-refractivity contribution >= 4 is 39.1 Å². The fraction of sp³-hybridized carbons (Fsp3) is 0.211. The van der Waals surface area contributed by atoms with Gasteiger partial charge in [0.15, 0.2) is 0 Å². The minimum absolute atomic E-state index is 0.109. The molecule has 0 aliphatic carbocycles. The van der Waals surface area contributed by atoms with Crippen LogP contribution in [0.3, 0.4) is 0 Å². The molecule has 2 aromatic rings. The average Bonchev–Trinajstić information content (AvgIpc) is 2.62. The molecule has 5 nitrogen and oxygen atoms in total. The predicted molar refractivity (Wildman–Crippen MR) is 101 cm³/mol. The van der Waals surface area contributed by atoms with E-state index in [0.717, 1.165) is 10.0 Å². The number of carbonyl (C=O) groups excluding carboxylic acids is 2. The van der Waals surface area contributed by atoms with Crippen molar-refractivity contribution in [2.45, 2.75) is 25.8 Å². The molecule has 0 saturated heterocycles. The van der Waals surface area contributed by atoms with Crippen molar-refractivity contribution in [3.63, 3.8) is 0 Å². The highest BCUT2D eigenvalue weighted by Crippen LogP contribution is 2.21. The molecule has 3 rings (SSSR count). The number of hydrogen-bond acceptors (Lipinski definition) is 3. The first-order valence-electron chi connectivity index (χ1n) is 8.06. The maximum absolute atomic E-state index is 12.6. The lowest BCUT2D eigenvalue weighted by atomic mass is 10.1. The quantitative estimate of drug-likeness (QED) is 0.849. The smallest absolute Gasteiger partial charge is 0.267 e. The van der Waals surface area contributed by atoms with Gasteiger partial charge in [-0.25, -0.2) is 5.01 Å². The molecule has 1 heterocycles. The van der Waals surface area contributed by atoms with E-state index < -0.39 is 0 Å². The number of carbonyl (C=O) groups is 2. The van der Waals surface area contributed by atoms with E-state index in [1.807, 2.05) is 49.4 Å². The number of hydrogen-bond donors (Lipinski definition) is 1. The summed E-state index contributed by atoms with van der Waals surface area (Å²) in [7, 11) is 0. The lowest BCUT2D eigenvalue weighted by Gasteiger charge is -2.24. The standard InChI is InChI=1S/C19H18BrN3O2/c1-13(14-6-5-7-15(20)12-14)21-19(25)17-10-11-18(24)23(22-17)16-8-3-2-4-9-16/h2-9,12-13H,10-11H2,1H3,(H,21,25). The van der Waals surface area contributed by atoms with Crippen LogP contribution in [0.1, 0.15) is 31.4 Å². The van der Waals surface area contributed by atoms with Gasteiger partial charge in [-0.2, -0.15) is 5.10 Å². The Morgan fingerprint density at radius 1 is 1.16 bits per heavy atom. The van der Waals surface area contributed by atoms with E-state index in [0.29, 0.717) is 17.8 Å². The number of halogens is 1. The van der Waals surface area contributed by atoms with Crippen LogP contribution in [0.4, 0.5) is 5.69 Å². The fourth-order valence-corrected chi connectivity index (χ4v) is 3.04. The van der Waals surface area contributed by atoms with Crippen LogP contribution in [0.5, 0.6) is 0 Å². The molecule has 0 spiro atoms. The van der Waals surface area contributed by atoms with Crippen LogP contribution >= 0.6 is 15.9 Å². The average molecular weight is 400 g/mol. The summed E-state index contributed by atoms with van der Waals surface area (Å²) < 4.78 is 0.960. The number of para-hydroxylation sites is 1. The monoisotopic (exact) mass is 399 g/mol. The van der Waals surface area contributed by atoms with E-state index in [-0.39, 0.29) is 24.3 Å². The van der Waals surface area contributed by atoms with Crippen LogP contribution in [0.15, 0.2) is 64.2 Å². The van der Waals surface area contributed by atoms with Crippen LogP contribution < -0.4 is 10.3 Å². The Kier molecular flexibility index (Phi) is 5.28. The van der Waals surface area contributed by atoms with E-state index in [4.69, 9.17) is 0 Å². The number of amides is 2. The van der Waals surface area contributed by atoms with E-state index in [9.17, 15) is 9.59 Å². The van der Waals surface area contributed by atoms with Crippen LogP contribution in [0, 0.1) is 0 Å². The van der Waals surface area contributed by atoms with Crippen molar-refractivity contribution in [3.8, 4) is 0 Å². The fourth-order valence-electron chi connectivity index (χ4n) is 2.63. The highest BCUT2D eigenvalue weighted by atomic mass is 79.9. The van der Waals surface area contributed by atoms with E-state index in [1.165, 1.54) is 5.01 Å². The topological polar surface area (TPSA) is 61.8 Å².